The maximum absolute atomic E-state index is 13.0. The van der Waals surface area contributed by atoms with E-state index >= 15 is 0 Å². The molecule has 0 saturated heterocycles. The van der Waals surface area contributed by atoms with Crippen molar-refractivity contribution < 1.29 is 9.53 Å². The molecule has 5 rings (SSSR count). The maximum atomic E-state index is 13.0. The zero-order chi connectivity index (χ0) is 38.5. The summed E-state index contributed by atoms with van der Waals surface area (Å²) in [6, 6.07) is 49.9. The van der Waals surface area contributed by atoms with E-state index in [1.54, 1.807) is 84.9 Å². The topological polar surface area (TPSA) is 176 Å². The van der Waals surface area contributed by atoms with Crippen molar-refractivity contribution in [3.8, 4) is 36.4 Å². The number of para-hydroxylation sites is 2. The summed E-state index contributed by atoms with van der Waals surface area (Å²) in [4.78, 5) is 17.1. The predicted octanol–water partition coefficient (Wildman–Crippen LogP) is 8.80. The maximum Gasteiger partial charge on any atom is 0.337 e. The molecule has 0 N–H and O–H groups in total. The lowest BCUT2D eigenvalue weighted by Gasteiger charge is -2.28. The van der Waals surface area contributed by atoms with E-state index in [1.807, 2.05) is 88.7 Å². The molecule has 5 aromatic rings. The Morgan fingerprint density at radius 3 is 1.15 bits per heavy atom. The van der Waals surface area contributed by atoms with Gasteiger partial charge in [0.1, 0.15) is 47.6 Å². The predicted molar refractivity (Wildman–Crippen MR) is 203 cm³/mol. The van der Waals surface area contributed by atoms with Gasteiger partial charge in [-0.2, -0.15) is 31.6 Å². The highest BCUT2D eigenvalue weighted by atomic mass is 16.5. The van der Waals surface area contributed by atoms with E-state index in [4.69, 9.17) is 4.74 Å². The van der Waals surface area contributed by atoms with Gasteiger partial charge in [0, 0.05) is 35.8 Å². The van der Waals surface area contributed by atoms with Crippen LogP contribution in [0.4, 0.5) is 22.7 Å². The second-order valence-corrected chi connectivity index (χ2v) is 11.6. The molecule has 0 bridgehead atoms. The molecule has 0 saturated carbocycles. The molecule has 10 nitrogen and oxygen atoms in total. The zero-order valence-corrected chi connectivity index (χ0v) is 28.9. The van der Waals surface area contributed by atoms with Crippen LogP contribution in [0.25, 0.3) is 11.1 Å². The minimum atomic E-state index is -0.507. The monoisotopic (exact) mass is 700 g/mol. The molecule has 0 fully saturated rings. The van der Waals surface area contributed by atoms with Gasteiger partial charge in [-0.05, 0) is 82.9 Å². The van der Waals surface area contributed by atoms with E-state index in [0.29, 0.717) is 29.8 Å². The lowest BCUT2D eigenvalue weighted by Crippen LogP contribution is -2.19. The van der Waals surface area contributed by atoms with Crippen molar-refractivity contribution in [2.75, 3.05) is 16.9 Å². The summed E-state index contributed by atoms with van der Waals surface area (Å²) in [5.41, 5.74) is 5.48. The number of carbonyl (C=O) groups excluding carboxylic acids is 1. The van der Waals surface area contributed by atoms with Crippen LogP contribution in [-0.2, 0) is 17.8 Å². The van der Waals surface area contributed by atoms with Gasteiger partial charge in [0.05, 0.1) is 23.8 Å². The van der Waals surface area contributed by atoms with Crippen LogP contribution >= 0.6 is 0 Å². The van der Waals surface area contributed by atoms with Crippen molar-refractivity contribution in [2.24, 2.45) is 0 Å². The van der Waals surface area contributed by atoms with E-state index in [2.05, 4.69) is 0 Å². The fourth-order valence-corrected chi connectivity index (χ4v) is 5.84. The largest absolute Gasteiger partial charge is 0.465 e. The summed E-state index contributed by atoms with van der Waals surface area (Å²) in [5, 5.41) is 56.7. The van der Waals surface area contributed by atoms with Gasteiger partial charge in [-0.3, -0.25) is 0 Å². The Bertz CT molecular complexity index is 2300. The van der Waals surface area contributed by atoms with Gasteiger partial charge in [-0.15, -0.1) is 0 Å². The van der Waals surface area contributed by atoms with Crippen LogP contribution in [0.2, 0.25) is 0 Å². The van der Waals surface area contributed by atoms with Crippen LogP contribution in [0.5, 0.6) is 0 Å². The van der Waals surface area contributed by atoms with Crippen LogP contribution in [0.3, 0.4) is 0 Å². The number of carbonyl (C=O) groups is 1. The quantitative estimate of drug-likeness (QED) is 0.0956. The Hall–Kier alpha value is -8.41. The van der Waals surface area contributed by atoms with Crippen molar-refractivity contribution in [3.63, 3.8) is 0 Å². The third kappa shape index (κ3) is 8.30. The summed E-state index contributed by atoms with van der Waals surface area (Å²) in [6.45, 7) is 0.653. The fourth-order valence-electron chi connectivity index (χ4n) is 5.84. The number of nitriles is 6. The van der Waals surface area contributed by atoms with Gasteiger partial charge < -0.3 is 14.5 Å². The van der Waals surface area contributed by atoms with E-state index in [1.165, 1.54) is 7.11 Å². The molecular formula is C44H28N8O2. The molecule has 256 valence electrons. The molecule has 0 unspecified atom stereocenters. The Morgan fingerprint density at radius 1 is 0.481 bits per heavy atom. The minimum absolute atomic E-state index is 0.0121. The minimum Gasteiger partial charge on any atom is -0.465 e. The summed E-state index contributed by atoms with van der Waals surface area (Å²) in [7, 11) is 1.33. The normalized spacial score (nSPS) is 9.69. The van der Waals surface area contributed by atoms with Gasteiger partial charge in [-0.1, -0.05) is 66.7 Å². The van der Waals surface area contributed by atoms with Crippen LogP contribution in [0.1, 0.15) is 32.6 Å². The second-order valence-electron chi connectivity index (χ2n) is 11.6. The van der Waals surface area contributed by atoms with Crippen molar-refractivity contribution in [1.29, 1.82) is 31.6 Å². The highest BCUT2D eigenvalue weighted by molar-refractivity contribution is 5.90. The van der Waals surface area contributed by atoms with E-state index < -0.39 is 5.97 Å². The van der Waals surface area contributed by atoms with Gasteiger partial charge in [0.25, 0.3) is 0 Å². The van der Waals surface area contributed by atoms with Gasteiger partial charge in [0.15, 0.2) is 0 Å². The van der Waals surface area contributed by atoms with Crippen molar-refractivity contribution in [3.05, 3.63) is 166 Å². The summed E-state index contributed by atoms with van der Waals surface area (Å²) < 4.78 is 5.14. The second kappa shape index (κ2) is 17.5. The number of allylic oxidation sites excluding steroid dienone is 4. The number of ether oxygens (including phenoxy) is 1. The Kier molecular flexibility index (Phi) is 11.9. The number of benzene rings is 5. The number of hydrogen-bond donors (Lipinski definition) is 0. The number of methoxy groups -OCH3 is 1. The average Bonchev–Trinajstić information content (AvgIpc) is 3.23. The summed E-state index contributed by atoms with van der Waals surface area (Å²) >= 11 is 0. The first-order valence-electron chi connectivity index (χ1n) is 16.3. The molecule has 0 amide bonds. The average molecular weight is 701 g/mol. The van der Waals surface area contributed by atoms with E-state index in [9.17, 15) is 36.4 Å². The van der Waals surface area contributed by atoms with Crippen LogP contribution in [0.15, 0.2) is 139 Å². The first-order valence-corrected chi connectivity index (χ1v) is 16.3. The highest BCUT2D eigenvalue weighted by Gasteiger charge is 2.18. The number of esters is 1. The third-order valence-electron chi connectivity index (χ3n) is 8.40. The molecule has 0 aromatic heterocycles. The molecule has 54 heavy (non-hydrogen) atoms. The van der Waals surface area contributed by atoms with Crippen LogP contribution in [-0.4, -0.2) is 13.1 Å². The van der Waals surface area contributed by atoms with Gasteiger partial charge in [-0.25, -0.2) is 4.79 Å². The Balaban J connectivity index is 1.57. The van der Waals surface area contributed by atoms with Crippen molar-refractivity contribution >= 4 is 39.9 Å². The summed E-state index contributed by atoms with van der Waals surface area (Å²) in [5.74, 6) is -0.507. The molecule has 5 aromatic carbocycles. The SMILES string of the molecule is COC(=O)c1cc(CN(c2ccccc2)c2ccc(C(C#N)=C(C#N)C#N)cc2)cc(CN(c2ccccc2)c2ccc(C(C#N)=C(C#N)C#N)cc2)c1. The molecule has 0 spiro atoms. The standard InChI is InChI=1S/C44H28N8O2/c1-54-44(53)35-21-31(29-51(38-8-4-2-5-9-38)40-16-12-33(13-17-40)42(27-49)36(23-45)24-46)20-32(22-35)30-52(39-10-6-3-7-11-39)41-18-14-34(15-19-41)43(28-50)37(25-47)26-48/h2-22H,29-30H2,1H3. The van der Waals surface area contributed by atoms with Gasteiger partial charge in [0.2, 0.25) is 0 Å². The number of anilines is 4. The third-order valence-corrected chi connectivity index (χ3v) is 8.40. The highest BCUT2D eigenvalue weighted by Crippen LogP contribution is 2.33. The van der Waals surface area contributed by atoms with Crippen LogP contribution in [0, 0.1) is 68.0 Å². The first-order chi connectivity index (χ1) is 26.4. The molecule has 10 heteroatoms. The molecule has 0 heterocycles. The molecular weight excluding hydrogens is 673 g/mol. The number of hydrogen-bond acceptors (Lipinski definition) is 10. The van der Waals surface area contributed by atoms with E-state index in [0.717, 1.165) is 33.9 Å². The lowest BCUT2D eigenvalue weighted by molar-refractivity contribution is 0.0600. The first kappa shape index (κ1) is 36.9. The molecule has 0 aliphatic carbocycles. The lowest BCUT2D eigenvalue weighted by atomic mass is 10.0. The molecule has 0 atom stereocenters. The summed E-state index contributed by atoms with van der Waals surface area (Å²) in [6.07, 6.45) is 0. The van der Waals surface area contributed by atoms with Gasteiger partial charge >= 0.3 is 5.97 Å². The number of rotatable bonds is 11. The smallest absolute Gasteiger partial charge is 0.337 e. The van der Waals surface area contributed by atoms with Crippen LogP contribution < -0.4 is 9.80 Å². The van der Waals surface area contributed by atoms with Crippen molar-refractivity contribution in [2.45, 2.75) is 13.1 Å². The number of nitrogens with zero attached hydrogens (tertiary/aromatic N) is 8. The molecule has 0 aliphatic heterocycles. The fraction of sp³-hybridized carbons (Fsp3) is 0.0682. The Labute approximate surface area is 313 Å². The van der Waals surface area contributed by atoms with E-state index in [-0.39, 0.29) is 22.3 Å². The Morgan fingerprint density at radius 2 is 0.833 bits per heavy atom. The molecule has 0 aliphatic rings. The molecule has 0 radical (unpaired) electrons. The van der Waals surface area contributed by atoms with Crippen molar-refractivity contribution in [1.82, 2.24) is 0 Å². The zero-order valence-electron chi connectivity index (χ0n) is 28.9.